The van der Waals surface area contributed by atoms with Crippen LogP contribution in [0.1, 0.15) is 82.4 Å². The molecule has 2 aromatic carbocycles. The predicted octanol–water partition coefficient (Wildman–Crippen LogP) is 4.19. The van der Waals surface area contributed by atoms with Crippen molar-refractivity contribution < 1.29 is 28.5 Å². The average molecular weight is 617 g/mol. The van der Waals surface area contributed by atoms with E-state index in [9.17, 15) is 19.2 Å². The molecule has 2 spiro atoms. The summed E-state index contributed by atoms with van der Waals surface area (Å²) in [6.07, 6.45) is 7.47. The molecule has 6 heterocycles. The molecule has 14 rings (SSSR count). The molecule has 0 radical (unpaired) electrons. The van der Waals surface area contributed by atoms with E-state index in [1.807, 2.05) is 38.2 Å². The molecule has 232 valence electrons. The molecule has 0 N–H and O–H groups in total. The van der Waals surface area contributed by atoms with Crippen LogP contribution in [0.25, 0.3) is 12.2 Å². The van der Waals surface area contributed by atoms with Gasteiger partial charge >= 0.3 is 11.9 Å². The van der Waals surface area contributed by atoms with Gasteiger partial charge in [0.1, 0.15) is 12.2 Å². The zero-order valence-electron chi connectivity index (χ0n) is 25.8. The maximum absolute atomic E-state index is 12.8. The number of hydrogen-bond acceptors (Lipinski definition) is 8. The molecule has 2 aromatic rings. The summed E-state index contributed by atoms with van der Waals surface area (Å²) in [6.45, 7) is 8.18. The lowest BCUT2D eigenvalue weighted by atomic mass is 9.52. The average Bonchev–Trinajstić information content (AvgIpc) is 3.67. The minimum atomic E-state index is -0.624. The summed E-state index contributed by atoms with van der Waals surface area (Å²) in [4.78, 5) is 49.9. The first-order valence-electron chi connectivity index (χ1n) is 16.6. The third-order valence-corrected chi connectivity index (χ3v) is 13.8. The van der Waals surface area contributed by atoms with Crippen LogP contribution in [0.4, 0.5) is 0 Å². The van der Waals surface area contributed by atoms with Crippen molar-refractivity contribution in [2.75, 3.05) is 0 Å². The van der Waals surface area contributed by atoms with Crippen molar-refractivity contribution in [3.8, 4) is 0 Å². The minimum absolute atomic E-state index is 0.0115. The molecule has 0 amide bonds. The van der Waals surface area contributed by atoms with E-state index < -0.39 is 10.8 Å². The first-order valence-corrected chi connectivity index (χ1v) is 16.6. The Kier molecular flexibility index (Phi) is 4.45. The largest absolute Gasteiger partial charge is 0.458 e. The molecular weight excluding hydrogens is 584 g/mol. The number of rotatable bonds is 0. The molecule has 46 heavy (non-hydrogen) atoms. The summed E-state index contributed by atoms with van der Waals surface area (Å²) < 4.78 is 24.4. The van der Waals surface area contributed by atoms with Gasteiger partial charge in [-0.2, -0.15) is 0 Å². The van der Waals surface area contributed by atoms with Crippen LogP contribution < -0.4 is 10.9 Å². The van der Waals surface area contributed by atoms with Crippen LogP contribution in [0.5, 0.6) is 0 Å². The maximum Gasteiger partial charge on any atom is 0.317 e. The highest BCUT2D eigenvalue weighted by atomic mass is 16.6. The second kappa shape index (κ2) is 7.80. The van der Waals surface area contributed by atoms with Crippen LogP contribution in [0.2, 0.25) is 0 Å². The smallest absolute Gasteiger partial charge is 0.317 e. The normalized spacial score (nSPS) is 46.3. The van der Waals surface area contributed by atoms with E-state index in [4.69, 9.17) is 18.9 Å². The summed E-state index contributed by atoms with van der Waals surface area (Å²) in [6, 6.07) is 6.79. The fraction of sp³-hybridized carbons (Fsp3) is 0.474. The van der Waals surface area contributed by atoms with Gasteiger partial charge in [0.2, 0.25) is 0 Å². The fourth-order valence-electron chi connectivity index (χ4n) is 12.2. The maximum atomic E-state index is 12.8. The first-order chi connectivity index (χ1) is 22.1. The van der Waals surface area contributed by atoms with Gasteiger partial charge in [-0.15, -0.1) is 0 Å². The Labute approximate surface area is 264 Å². The summed E-state index contributed by atoms with van der Waals surface area (Å²) in [7, 11) is 0. The molecule has 6 saturated heterocycles. The van der Waals surface area contributed by atoms with Crippen LogP contribution in [0.15, 0.2) is 46.0 Å². The highest BCUT2D eigenvalue weighted by molar-refractivity contribution is 5.89. The number of aryl methyl sites for hydroxylation is 2. The van der Waals surface area contributed by atoms with Crippen molar-refractivity contribution in [3.63, 3.8) is 0 Å². The molecular formula is C38H32O8. The van der Waals surface area contributed by atoms with Crippen molar-refractivity contribution in [2.24, 2.45) is 34.5 Å². The van der Waals surface area contributed by atoms with Gasteiger partial charge in [-0.25, -0.2) is 0 Å². The molecule has 8 bridgehead atoms. The number of hydrogen-bond donors (Lipinski definition) is 0. The molecule has 0 unspecified atom stereocenters. The van der Waals surface area contributed by atoms with E-state index >= 15 is 0 Å². The number of esters is 2. The first kappa shape index (κ1) is 26.2. The van der Waals surface area contributed by atoms with Gasteiger partial charge in [0.05, 0.1) is 35.2 Å². The molecule has 12 aliphatic rings. The molecule has 8 heteroatoms. The predicted molar refractivity (Wildman–Crippen MR) is 164 cm³/mol. The summed E-state index contributed by atoms with van der Waals surface area (Å²) in [5, 5.41) is 0. The summed E-state index contributed by atoms with van der Waals surface area (Å²) in [5.74, 6) is 0.565. The Bertz CT molecular complexity index is 1950. The Morgan fingerprint density at radius 2 is 0.978 bits per heavy atom. The molecule has 6 aliphatic carbocycles. The summed E-state index contributed by atoms with van der Waals surface area (Å²) in [5.41, 5.74) is 7.21. The highest BCUT2D eigenvalue weighted by Crippen LogP contribution is 2.74. The minimum Gasteiger partial charge on any atom is -0.458 e. The standard InChI is InChI=1S/2C19H16O4/c2*1-7-5-10(20)6-9-3-4-19-8(2)15-17(23-18(19)21)13-14(19)12(9)11(7)16(13)22-15/h2*3-6,8,13-17H,1-2H3/t2*8-,13-,14-,15-,16+,17-,19-/m11/s1. The van der Waals surface area contributed by atoms with Gasteiger partial charge in [0, 0.05) is 35.5 Å². The molecule has 14 atom stereocenters. The Hall–Kier alpha value is -3.88. The number of fused-ring (bicyclic) bond motifs is 4. The monoisotopic (exact) mass is 616 g/mol. The number of carbonyl (C=O) groups is 2. The molecule has 8 nitrogen and oxygen atoms in total. The molecule has 0 aromatic heterocycles. The van der Waals surface area contributed by atoms with Gasteiger partial charge in [0.25, 0.3) is 0 Å². The second-order valence-corrected chi connectivity index (χ2v) is 15.3. The van der Waals surface area contributed by atoms with Gasteiger partial charge in [-0.1, -0.05) is 38.2 Å². The van der Waals surface area contributed by atoms with E-state index in [0.717, 1.165) is 44.5 Å². The lowest BCUT2D eigenvalue weighted by Crippen LogP contribution is -2.63. The van der Waals surface area contributed by atoms with Crippen molar-refractivity contribution in [1.29, 1.82) is 0 Å². The van der Waals surface area contributed by atoms with E-state index in [1.54, 1.807) is 24.3 Å². The van der Waals surface area contributed by atoms with Crippen LogP contribution in [0, 0.1) is 48.3 Å². The lowest BCUT2D eigenvalue weighted by Gasteiger charge is -2.55. The van der Waals surface area contributed by atoms with Crippen molar-refractivity contribution in [1.82, 2.24) is 0 Å². The lowest BCUT2D eigenvalue weighted by molar-refractivity contribution is -0.204. The van der Waals surface area contributed by atoms with Crippen LogP contribution in [-0.4, -0.2) is 36.4 Å². The topological polar surface area (TPSA) is 105 Å². The van der Waals surface area contributed by atoms with Crippen LogP contribution in [0.3, 0.4) is 0 Å². The zero-order chi connectivity index (χ0) is 31.3. The van der Waals surface area contributed by atoms with Crippen molar-refractivity contribution >= 4 is 24.1 Å². The van der Waals surface area contributed by atoms with Gasteiger partial charge < -0.3 is 18.9 Å². The van der Waals surface area contributed by atoms with Crippen molar-refractivity contribution in [3.05, 3.63) is 101 Å². The van der Waals surface area contributed by atoms with E-state index in [-0.39, 0.29) is 94.9 Å². The highest BCUT2D eigenvalue weighted by Gasteiger charge is 2.77. The SMILES string of the molecule is Cc1cc(=O)cc2c3c1[C@@H]1O[C@H]4[C@@H]5OC(=O)[C@](C=C2)([C@@H]4C)[C@H]3[C@@H]51.Cc1cc(=O)cc2c3c1[C@@H]1O[C@H]4[C@@H]5OC(=O)[C@](C=C2)([C@@H]4C)[C@H]3[C@@H]51. The van der Waals surface area contributed by atoms with E-state index in [1.165, 1.54) is 0 Å². The third-order valence-electron chi connectivity index (χ3n) is 13.8. The second-order valence-electron chi connectivity index (χ2n) is 15.3. The van der Waals surface area contributed by atoms with Crippen LogP contribution in [-0.2, 0) is 28.5 Å². The quantitative estimate of drug-likeness (QED) is 0.406. The van der Waals surface area contributed by atoms with Gasteiger partial charge in [0.15, 0.2) is 10.9 Å². The van der Waals surface area contributed by atoms with Crippen LogP contribution >= 0.6 is 0 Å². The fourth-order valence-corrected chi connectivity index (χ4v) is 12.2. The Morgan fingerprint density at radius 3 is 1.39 bits per heavy atom. The number of carbonyl (C=O) groups excluding carboxylic acids is 2. The summed E-state index contributed by atoms with van der Waals surface area (Å²) >= 11 is 0. The molecule has 6 aliphatic heterocycles. The third kappa shape index (κ3) is 2.52. The van der Waals surface area contributed by atoms with Gasteiger partial charge in [-0.05, 0) is 82.6 Å². The molecule has 8 fully saturated rings. The molecule has 2 saturated carbocycles. The van der Waals surface area contributed by atoms with Crippen molar-refractivity contribution in [2.45, 2.75) is 76.2 Å². The Morgan fingerprint density at radius 1 is 0.565 bits per heavy atom. The number of ether oxygens (including phenoxy) is 4. The van der Waals surface area contributed by atoms with E-state index in [0.29, 0.717) is 0 Å². The van der Waals surface area contributed by atoms with E-state index in [2.05, 4.69) is 13.8 Å². The van der Waals surface area contributed by atoms with Gasteiger partial charge in [-0.3, -0.25) is 19.2 Å². The Balaban J connectivity index is 0.000000114. The zero-order valence-corrected chi connectivity index (χ0v) is 25.8.